The number of nitrogens with one attached hydrogen (secondary N) is 1. The van der Waals surface area contributed by atoms with Crippen LogP contribution in [0.5, 0.6) is 5.75 Å². The van der Waals surface area contributed by atoms with Crippen LogP contribution >= 0.6 is 11.8 Å². The van der Waals surface area contributed by atoms with Gasteiger partial charge in [0, 0.05) is 25.8 Å². The molecule has 3 nitrogen and oxygen atoms in total. The second kappa shape index (κ2) is 10.1. The molecular weight excluding hydrogens is 265 g/mol. The predicted molar refractivity (Wildman–Crippen MR) is 78.5 cm³/mol. The fraction of sp³-hybridized carbons (Fsp3) is 0.571. The third-order valence-electron chi connectivity index (χ3n) is 2.57. The highest BCUT2D eigenvalue weighted by Crippen LogP contribution is 2.20. The minimum absolute atomic E-state index is 0.236. The fourth-order valence-corrected chi connectivity index (χ4v) is 2.02. The molecule has 0 aromatic heterocycles. The Hall–Kier alpha value is -0.780. The SMILES string of the molecule is COCCNCc1cc(F)ccc1OCCCSC. The highest BCUT2D eigenvalue weighted by molar-refractivity contribution is 7.98. The maximum Gasteiger partial charge on any atom is 0.123 e. The second-order valence-corrected chi connectivity index (χ2v) is 5.10. The summed E-state index contributed by atoms with van der Waals surface area (Å²) in [6, 6.07) is 4.65. The molecule has 0 radical (unpaired) electrons. The van der Waals surface area contributed by atoms with Crippen molar-refractivity contribution in [2.45, 2.75) is 13.0 Å². The molecule has 0 bridgehead atoms. The van der Waals surface area contributed by atoms with Crippen molar-refractivity contribution in [1.29, 1.82) is 0 Å². The molecule has 0 spiro atoms. The van der Waals surface area contributed by atoms with E-state index in [1.165, 1.54) is 12.1 Å². The molecule has 0 heterocycles. The Morgan fingerprint density at radius 3 is 2.89 bits per heavy atom. The number of rotatable bonds is 10. The van der Waals surface area contributed by atoms with Gasteiger partial charge < -0.3 is 14.8 Å². The van der Waals surface area contributed by atoms with E-state index in [1.54, 1.807) is 24.9 Å². The molecule has 1 aromatic rings. The second-order valence-electron chi connectivity index (χ2n) is 4.12. The monoisotopic (exact) mass is 287 g/mol. The number of hydrogen-bond acceptors (Lipinski definition) is 4. The lowest BCUT2D eigenvalue weighted by molar-refractivity contribution is 0.199. The predicted octanol–water partition coefficient (Wildman–Crippen LogP) is 2.69. The van der Waals surface area contributed by atoms with Gasteiger partial charge in [0.2, 0.25) is 0 Å². The Kier molecular flexibility index (Phi) is 8.62. The van der Waals surface area contributed by atoms with Gasteiger partial charge in [0.15, 0.2) is 0 Å². The molecule has 0 aliphatic rings. The lowest BCUT2D eigenvalue weighted by Gasteiger charge is -2.12. The van der Waals surface area contributed by atoms with Crippen molar-refractivity contribution in [3.63, 3.8) is 0 Å². The van der Waals surface area contributed by atoms with Gasteiger partial charge in [-0.3, -0.25) is 0 Å². The standard InChI is InChI=1S/C14H22FNO2S/c1-17-8-6-16-11-12-10-13(15)4-5-14(12)18-7-3-9-19-2/h4-5,10,16H,3,6-9,11H2,1-2H3. The van der Waals surface area contributed by atoms with Crippen LogP contribution in [-0.2, 0) is 11.3 Å². The van der Waals surface area contributed by atoms with Crippen molar-refractivity contribution in [2.24, 2.45) is 0 Å². The topological polar surface area (TPSA) is 30.5 Å². The van der Waals surface area contributed by atoms with E-state index >= 15 is 0 Å². The molecule has 108 valence electrons. The van der Waals surface area contributed by atoms with Crippen LogP contribution in [0.1, 0.15) is 12.0 Å². The average Bonchev–Trinajstić information content (AvgIpc) is 2.41. The van der Waals surface area contributed by atoms with Crippen molar-refractivity contribution in [3.8, 4) is 5.75 Å². The van der Waals surface area contributed by atoms with Gasteiger partial charge in [-0.2, -0.15) is 11.8 Å². The molecule has 0 amide bonds. The van der Waals surface area contributed by atoms with Gasteiger partial charge >= 0.3 is 0 Å². The summed E-state index contributed by atoms with van der Waals surface area (Å²) < 4.78 is 23.9. The Balaban J connectivity index is 2.48. The van der Waals surface area contributed by atoms with Crippen LogP contribution in [0.4, 0.5) is 4.39 Å². The van der Waals surface area contributed by atoms with Gasteiger partial charge in [-0.1, -0.05) is 0 Å². The van der Waals surface area contributed by atoms with Gasteiger partial charge in [-0.05, 0) is 36.6 Å². The van der Waals surface area contributed by atoms with Gasteiger partial charge in [-0.25, -0.2) is 4.39 Å². The molecule has 0 unspecified atom stereocenters. The molecule has 1 aromatic carbocycles. The Bertz CT molecular complexity index is 363. The summed E-state index contributed by atoms with van der Waals surface area (Å²) in [7, 11) is 1.66. The van der Waals surface area contributed by atoms with Crippen molar-refractivity contribution in [2.75, 3.05) is 38.9 Å². The van der Waals surface area contributed by atoms with E-state index in [0.29, 0.717) is 19.8 Å². The Labute approximate surface area is 118 Å². The van der Waals surface area contributed by atoms with Crippen LogP contribution in [0.2, 0.25) is 0 Å². The molecule has 0 atom stereocenters. The number of methoxy groups -OCH3 is 1. The van der Waals surface area contributed by atoms with Crippen LogP contribution in [0, 0.1) is 5.82 Å². The van der Waals surface area contributed by atoms with E-state index in [4.69, 9.17) is 9.47 Å². The maximum absolute atomic E-state index is 13.3. The molecule has 0 saturated carbocycles. The fourth-order valence-electron chi connectivity index (χ4n) is 1.61. The average molecular weight is 287 g/mol. The van der Waals surface area contributed by atoms with E-state index < -0.39 is 0 Å². The van der Waals surface area contributed by atoms with Crippen molar-refractivity contribution >= 4 is 11.8 Å². The molecule has 0 fully saturated rings. The van der Waals surface area contributed by atoms with Crippen LogP contribution in [0.15, 0.2) is 18.2 Å². The van der Waals surface area contributed by atoms with E-state index in [9.17, 15) is 4.39 Å². The van der Waals surface area contributed by atoms with Gasteiger partial charge in [0.25, 0.3) is 0 Å². The quantitative estimate of drug-likeness (QED) is 0.670. The summed E-state index contributed by atoms with van der Waals surface area (Å²) in [5.41, 5.74) is 0.847. The molecule has 0 saturated heterocycles. The number of ether oxygens (including phenoxy) is 2. The zero-order valence-electron chi connectivity index (χ0n) is 11.6. The summed E-state index contributed by atoms with van der Waals surface area (Å²) in [5.74, 6) is 1.59. The Morgan fingerprint density at radius 2 is 2.16 bits per heavy atom. The summed E-state index contributed by atoms with van der Waals surface area (Å²) in [6.45, 7) is 2.62. The minimum Gasteiger partial charge on any atom is -0.493 e. The van der Waals surface area contributed by atoms with Crippen molar-refractivity contribution in [1.82, 2.24) is 5.32 Å². The van der Waals surface area contributed by atoms with Crippen LogP contribution in [-0.4, -0.2) is 38.9 Å². The Morgan fingerprint density at radius 1 is 1.32 bits per heavy atom. The van der Waals surface area contributed by atoms with Crippen molar-refractivity contribution < 1.29 is 13.9 Å². The summed E-state index contributed by atoms with van der Waals surface area (Å²) in [6.07, 6.45) is 3.07. The first-order valence-electron chi connectivity index (χ1n) is 6.37. The van der Waals surface area contributed by atoms with E-state index in [2.05, 4.69) is 11.6 Å². The smallest absolute Gasteiger partial charge is 0.123 e. The first-order valence-corrected chi connectivity index (χ1v) is 7.77. The van der Waals surface area contributed by atoms with Gasteiger partial charge in [0.1, 0.15) is 11.6 Å². The minimum atomic E-state index is -0.236. The first kappa shape index (κ1) is 16.3. The number of hydrogen-bond donors (Lipinski definition) is 1. The van der Waals surface area contributed by atoms with Crippen LogP contribution in [0.3, 0.4) is 0 Å². The maximum atomic E-state index is 13.3. The summed E-state index contributed by atoms with van der Waals surface area (Å²) >= 11 is 1.80. The highest BCUT2D eigenvalue weighted by Gasteiger charge is 2.05. The third-order valence-corrected chi connectivity index (χ3v) is 3.27. The highest BCUT2D eigenvalue weighted by atomic mass is 32.2. The molecule has 0 aliphatic heterocycles. The van der Waals surface area contributed by atoms with Gasteiger partial charge in [-0.15, -0.1) is 0 Å². The molecule has 1 rings (SSSR count). The molecule has 1 N–H and O–H groups in total. The van der Waals surface area contributed by atoms with Gasteiger partial charge in [0.05, 0.1) is 13.2 Å². The molecule has 5 heteroatoms. The first-order chi connectivity index (χ1) is 9.27. The van der Waals surface area contributed by atoms with E-state index in [0.717, 1.165) is 30.0 Å². The lowest BCUT2D eigenvalue weighted by Crippen LogP contribution is -2.19. The number of halogens is 1. The molecule has 0 aliphatic carbocycles. The zero-order valence-corrected chi connectivity index (χ0v) is 12.4. The van der Waals surface area contributed by atoms with Crippen LogP contribution in [0.25, 0.3) is 0 Å². The number of benzene rings is 1. The normalized spacial score (nSPS) is 10.7. The summed E-state index contributed by atoms with van der Waals surface area (Å²) in [5, 5.41) is 3.20. The number of thioether (sulfide) groups is 1. The van der Waals surface area contributed by atoms with E-state index in [1.807, 2.05) is 0 Å². The lowest BCUT2D eigenvalue weighted by atomic mass is 10.2. The zero-order chi connectivity index (χ0) is 13.9. The summed E-state index contributed by atoms with van der Waals surface area (Å²) in [4.78, 5) is 0. The third kappa shape index (κ3) is 6.80. The molecular formula is C14H22FNO2S. The van der Waals surface area contributed by atoms with Crippen molar-refractivity contribution in [3.05, 3.63) is 29.6 Å². The molecule has 19 heavy (non-hydrogen) atoms. The van der Waals surface area contributed by atoms with Crippen LogP contribution < -0.4 is 10.1 Å². The van der Waals surface area contributed by atoms with E-state index in [-0.39, 0.29) is 5.82 Å². The largest absolute Gasteiger partial charge is 0.493 e.